The Labute approximate surface area is 82.0 Å². The van der Waals surface area contributed by atoms with Crippen LogP contribution in [0.2, 0.25) is 0 Å². The Hall–Kier alpha value is 0.700. The lowest BCUT2D eigenvalue weighted by Crippen LogP contribution is -2.03. The molecule has 1 fully saturated rings. The molecule has 0 amide bonds. The molecule has 0 nitrogen and oxygen atoms in total. The molecule has 0 aromatic rings. The van der Waals surface area contributed by atoms with Gasteiger partial charge < -0.3 is 0 Å². The summed E-state index contributed by atoms with van der Waals surface area (Å²) < 4.78 is 0. The Kier molecular flexibility index (Phi) is 7.82. The zero-order valence-electron chi connectivity index (χ0n) is 7.58. The maximum Gasteiger partial charge on any atom is 0.00168 e. The molecule has 0 aromatic heterocycles. The van der Waals surface area contributed by atoms with Gasteiger partial charge in [-0.25, -0.2) is 0 Å². The lowest BCUT2D eigenvalue weighted by atomic mass is 10.0. The van der Waals surface area contributed by atoms with Crippen LogP contribution in [0.3, 0.4) is 0 Å². The molecular weight excluding hydrogens is 172 g/mol. The zero-order valence-corrected chi connectivity index (χ0v) is 9.37. The van der Waals surface area contributed by atoms with Gasteiger partial charge in [0.15, 0.2) is 0 Å². The van der Waals surface area contributed by atoms with Crippen LogP contribution in [0.25, 0.3) is 0 Å². The molecule has 11 heavy (non-hydrogen) atoms. The van der Waals surface area contributed by atoms with E-state index in [1.54, 1.807) is 0 Å². The Balaban J connectivity index is 0.000000218. The highest BCUT2D eigenvalue weighted by Crippen LogP contribution is 2.20. The average Bonchev–Trinajstić information content (AvgIpc) is 1.87. The molecule has 0 unspecified atom stereocenters. The van der Waals surface area contributed by atoms with Crippen LogP contribution in [0.4, 0.5) is 0 Å². The van der Waals surface area contributed by atoms with Gasteiger partial charge in [0.05, 0.1) is 0 Å². The van der Waals surface area contributed by atoms with Crippen molar-refractivity contribution in [3.63, 3.8) is 0 Å². The van der Waals surface area contributed by atoms with E-state index in [9.17, 15) is 0 Å². The van der Waals surface area contributed by atoms with Gasteiger partial charge in [-0.15, -0.1) is 0 Å². The lowest BCUT2D eigenvalue weighted by Gasteiger charge is -2.14. The predicted molar refractivity (Wildman–Crippen MR) is 60.0 cm³/mol. The highest BCUT2D eigenvalue weighted by Gasteiger charge is 2.06. The molecule has 68 valence electrons. The number of rotatable bonds is 0. The fourth-order valence-corrected chi connectivity index (χ4v) is 1.45. The Morgan fingerprint density at radius 1 is 1.09 bits per heavy atom. The molecule has 0 heterocycles. The van der Waals surface area contributed by atoms with Crippen LogP contribution in [-0.2, 0) is 0 Å². The van der Waals surface area contributed by atoms with Gasteiger partial charge in [-0.05, 0) is 18.1 Å². The van der Waals surface area contributed by atoms with Crippen molar-refractivity contribution >= 4 is 25.3 Å². The van der Waals surface area contributed by atoms with E-state index < -0.39 is 0 Å². The monoisotopic (exact) mass is 192 g/mol. The summed E-state index contributed by atoms with van der Waals surface area (Å²) >= 11 is 8.33. The molecule has 2 heteroatoms. The molecule has 0 saturated heterocycles. The van der Waals surface area contributed by atoms with Gasteiger partial charge in [0.1, 0.15) is 0 Å². The van der Waals surface area contributed by atoms with Crippen LogP contribution in [0.1, 0.15) is 46.0 Å². The molecule has 1 aliphatic rings. The van der Waals surface area contributed by atoms with Crippen LogP contribution >= 0.6 is 25.3 Å². The smallest absolute Gasteiger partial charge is 0.00168 e. The number of hydrogen-bond donors (Lipinski definition) is 2. The van der Waals surface area contributed by atoms with Gasteiger partial charge in [-0.1, -0.05) is 33.1 Å². The van der Waals surface area contributed by atoms with Crippen molar-refractivity contribution in [1.82, 2.24) is 0 Å². The molecule has 0 N–H and O–H groups in total. The third-order valence-electron chi connectivity index (χ3n) is 1.57. The molecule has 0 atom stereocenters. The Bertz CT molecular complexity index is 72.9. The van der Waals surface area contributed by atoms with E-state index in [0.717, 1.165) is 5.25 Å². The fraction of sp³-hybridized carbons (Fsp3) is 1.00. The average molecular weight is 192 g/mol. The summed E-state index contributed by atoms with van der Waals surface area (Å²) in [6.07, 6.45) is 6.96. The minimum absolute atomic E-state index is 0.528. The molecule has 1 aliphatic carbocycles. The third kappa shape index (κ3) is 10.7. The summed E-state index contributed by atoms with van der Waals surface area (Å²) in [5.41, 5.74) is 0. The molecule has 0 spiro atoms. The number of hydrogen-bond acceptors (Lipinski definition) is 2. The van der Waals surface area contributed by atoms with Gasteiger partial charge in [-0.3, -0.25) is 0 Å². The van der Waals surface area contributed by atoms with Crippen molar-refractivity contribution in [3.05, 3.63) is 0 Å². The van der Waals surface area contributed by atoms with Gasteiger partial charge >= 0.3 is 0 Å². The second-order valence-corrected chi connectivity index (χ2v) is 5.15. The van der Waals surface area contributed by atoms with E-state index in [-0.39, 0.29) is 0 Å². The lowest BCUT2D eigenvalue weighted by molar-refractivity contribution is 0.518. The van der Waals surface area contributed by atoms with Crippen LogP contribution in [0, 0.1) is 0 Å². The molecule has 0 aromatic carbocycles. The first-order valence-electron chi connectivity index (χ1n) is 4.49. The first-order valence-corrected chi connectivity index (χ1v) is 5.52. The molecular formula is C9H20S2. The van der Waals surface area contributed by atoms with Crippen LogP contribution in [0.15, 0.2) is 0 Å². The number of thiol groups is 2. The summed E-state index contributed by atoms with van der Waals surface area (Å²) in [7, 11) is 0. The summed E-state index contributed by atoms with van der Waals surface area (Å²) in [6.45, 7) is 4.06. The largest absolute Gasteiger partial charge is 0.177 e. The van der Waals surface area contributed by atoms with Crippen molar-refractivity contribution < 1.29 is 0 Å². The maximum absolute atomic E-state index is 4.36. The summed E-state index contributed by atoms with van der Waals surface area (Å²) in [6, 6.07) is 0. The predicted octanol–water partition coefficient (Wildman–Crippen LogP) is 3.57. The zero-order chi connectivity index (χ0) is 8.69. The normalized spacial score (nSPS) is 19.4. The third-order valence-corrected chi connectivity index (χ3v) is 2.09. The quantitative estimate of drug-likeness (QED) is 0.539. The SMILES string of the molecule is CC(C)S.SC1CCCCC1. The highest BCUT2D eigenvalue weighted by atomic mass is 32.1. The van der Waals surface area contributed by atoms with E-state index in [0.29, 0.717) is 5.25 Å². The molecule has 0 radical (unpaired) electrons. The van der Waals surface area contributed by atoms with Crippen LogP contribution in [-0.4, -0.2) is 10.5 Å². The van der Waals surface area contributed by atoms with E-state index in [4.69, 9.17) is 0 Å². The molecule has 0 aliphatic heterocycles. The Morgan fingerprint density at radius 3 is 1.64 bits per heavy atom. The molecule has 1 saturated carbocycles. The standard InChI is InChI=1S/C6H12S.C3H8S/c7-6-4-2-1-3-5-6;1-3(2)4/h6-7H,1-5H2;3-4H,1-2H3. The van der Waals surface area contributed by atoms with Crippen molar-refractivity contribution in [2.24, 2.45) is 0 Å². The van der Waals surface area contributed by atoms with Gasteiger partial charge in [-0.2, -0.15) is 25.3 Å². The minimum atomic E-state index is 0.528. The van der Waals surface area contributed by atoms with Crippen LogP contribution in [0.5, 0.6) is 0 Å². The maximum atomic E-state index is 4.36. The van der Waals surface area contributed by atoms with E-state index in [2.05, 4.69) is 25.3 Å². The fourth-order valence-electron chi connectivity index (χ4n) is 1.08. The van der Waals surface area contributed by atoms with E-state index >= 15 is 0 Å². The molecule has 0 bridgehead atoms. The topological polar surface area (TPSA) is 0 Å². The van der Waals surface area contributed by atoms with E-state index in [1.807, 2.05) is 13.8 Å². The van der Waals surface area contributed by atoms with Gasteiger partial charge in [0, 0.05) is 5.25 Å². The van der Waals surface area contributed by atoms with Crippen molar-refractivity contribution in [3.8, 4) is 0 Å². The first-order chi connectivity index (χ1) is 5.13. The molecule has 1 rings (SSSR count). The second kappa shape index (κ2) is 7.35. The van der Waals surface area contributed by atoms with E-state index in [1.165, 1.54) is 32.1 Å². The van der Waals surface area contributed by atoms with Crippen LogP contribution < -0.4 is 0 Å². The summed E-state index contributed by atoms with van der Waals surface area (Å²) in [4.78, 5) is 0. The Morgan fingerprint density at radius 2 is 1.45 bits per heavy atom. The van der Waals surface area contributed by atoms with Gasteiger partial charge in [0.25, 0.3) is 0 Å². The van der Waals surface area contributed by atoms with Gasteiger partial charge in [0.2, 0.25) is 0 Å². The highest BCUT2D eigenvalue weighted by molar-refractivity contribution is 7.81. The minimum Gasteiger partial charge on any atom is -0.177 e. The first kappa shape index (κ1) is 11.7. The summed E-state index contributed by atoms with van der Waals surface area (Å²) in [5.74, 6) is 0. The van der Waals surface area contributed by atoms with Crippen molar-refractivity contribution in [2.45, 2.75) is 56.5 Å². The second-order valence-electron chi connectivity index (χ2n) is 3.39. The van der Waals surface area contributed by atoms with Crippen molar-refractivity contribution in [2.75, 3.05) is 0 Å². The summed E-state index contributed by atoms with van der Waals surface area (Å²) in [5, 5.41) is 1.26. The van der Waals surface area contributed by atoms with Crippen molar-refractivity contribution in [1.29, 1.82) is 0 Å².